The molecule has 0 aromatic heterocycles. The molecule has 1 saturated carbocycles. The van der Waals surface area contributed by atoms with Crippen molar-refractivity contribution in [3.05, 3.63) is 0 Å². The predicted octanol–water partition coefficient (Wildman–Crippen LogP) is 1.28. The summed E-state index contributed by atoms with van der Waals surface area (Å²) in [4.78, 5) is 11.8. The minimum absolute atomic E-state index is 0.111. The first kappa shape index (κ1) is 11.5. The summed E-state index contributed by atoms with van der Waals surface area (Å²) >= 11 is 0. The highest BCUT2D eigenvalue weighted by molar-refractivity contribution is 5.85. The topological polar surface area (TPSA) is 55.1 Å². The van der Waals surface area contributed by atoms with Gasteiger partial charge in [0.15, 0.2) is 0 Å². The first-order valence-corrected chi connectivity index (χ1v) is 5.33. The minimum atomic E-state index is -0.223. The molecule has 3 nitrogen and oxygen atoms in total. The Hall–Kier alpha value is -0.570. The van der Waals surface area contributed by atoms with Crippen LogP contribution in [0.2, 0.25) is 0 Å². The lowest BCUT2D eigenvalue weighted by Gasteiger charge is -2.29. The number of nitrogens with two attached hydrogens (primary N) is 1. The second-order valence-electron chi connectivity index (χ2n) is 5.55. The molecule has 14 heavy (non-hydrogen) atoms. The van der Waals surface area contributed by atoms with E-state index in [1.54, 1.807) is 0 Å². The van der Waals surface area contributed by atoms with Crippen LogP contribution in [0.15, 0.2) is 0 Å². The van der Waals surface area contributed by atoms with Gasteiger partial charge in [0.25, 0.3) is 0 Å². The fourth-order valence-corrected chi connectivity index (χ4v) is 1.24. The summed E-state index contributed by atoms with van der Waals surface area (Å²) in [5, 5.41) is 3.05. The number of nitrogens with one attached hydrogen (secondary N) is 1. The summed E-state index contributed by atoms with van der Waals surface area (Å²) in [5.74, 6) is 0.141. The van der Waals surface area contributed by atoms with E-state index in [-0.39, 0.29) is 22.8 Å². The van der Waals surface area contributed by atoms with Crippen LogP contribution in [-0.2, 0) is 4.79 Å². The van der Waals surface area contributed by atoms with Gasteiger partial charge in [0.1, 0.15) is 0 Å². The summed E-state index contributed by atoms with van der Waals surface area (Å²) < 4.78 is 0. The summed E-state index contributed by atoms with van der Waals surface area (Å²) in [6.07, 6.45) is 1.90. The van der Waals surface area contributed by atoms with E-state index in [1.165, 1.54) is 0 Å². The largest absolute Gasteiger partial charge is 0.353 e. The second kappa shape index (κ2) is 3.54. The maximum Gasteiger partial charge on any atom is 0.227 e. The van der Waals surface area contributed by atoms with Gasteiger partial charge >= 0.3 is 0 Å². The fraction of sp³-hybridized carbons (Fsp3) is 0.909. The number of hydrogen-bond donors (Lipinski definition) is 2. The van der Waals surface area contributed by atoms with Gasteiger partial charge in [0, 0.05) is 12.6 Å². The molecule has 3 heteroatoms. The molecule has 1 unspecified atom stereocenters. The Morgan fingerprint density at radius 1 is 1.50 bits per heavy atom. The highest BCUT2D eigenvalue weighted by atomic mass is 16.2. The molecule has 0 bridgehead atoms. The molecular formula is C11H22N2O. The molecule has 82 valence electrons. The Balaban J connectivity index is 2.49. The Labute approximate surface area is 86.4 Å². The van der Waals surface area contributed by atoms with E-state index in [9.17, 15) is 4.79 Å². The lowest BCUT2D eigenvalue weighted by atomic mass is 9.87. The maximum atomic E-state index is 11.8. The molecule has 0 aromatic rings. The lowest BCUT2D eigenvalue weighted by molar-refractivity contribution is -0.127. The van der Waals surface area contributed by atoms with Crippen LogP contribution in [0.5, 0.6) is 0 Å². The third-order valence-electron chi connectivity index (χ3n) is 3.37. The van der Waals surface area contributed by atoms with Gasteiger partial charge < -0.3 is 11.1 Å². The zero-order valence-corrected chi connectivity index (χ0v) is 9.68. The number of amides is 1. The van der Waals surface area contributed by atoms with E-state index < -0.39 is 0 Å². The SMILES string of the molecule is CC(NC(=O)C1(CN)CC1)C(C)(C)C. The second-order valence-corrected chi connectivity index (χ2v) is 5.55. The monoisotopic (exact) mass is 198 g/mol. The zero-order chi connectivity index (χ0) is 11.0. The maximum absolute atomic E-state index is 11.8. The smallest absolute Gasteiger partial charge is 0.227 e. The molecule has 0 radical (unpaired) electrons. The van der Waals surface area contributed by atoms with Gasteiger partial charge in [0.2, 0.25) is 5.91 Å². The van der Waals surface area contributed by atoms with Gasteiger partial charge in [-0.2, -0.15) is 0 Å². The number of rotatable bonds is 3. The first-order valence-electron chi connectivity index (χ1n) is 5.33. The van der Waals surface area contributed by atoms with Crippen molar-refractivity contribution in [1.29, 1.82) is 0 Å². The minimum Gasteiger partial charge on any atom is -0.353 e. The molecule has 0 saturated heterocycles. The summed E-state index contributed by atoms with van der Waals surface area (Å²) in [5.41, 5.74) is 5.48. The Morgan fingerprint density at radius 3 is 2.29 bits per heavy atom. The Bertz CT molecular complexity index is 226. The van der Waals surface area contributed by atoms with E-state index >= 15 is 0 Å². The molecule has 1 amide bonds. The average molecular weight is 198 g/mol. The van der Waals surface area contributed by atoms with Gasteiger partial charge in [-0.15, -0.1) is 0 Å². The van der Waals surface area contributed by atoms with Crippen LogP contribution in [0, 0.1) is 10.8 Å². The molecule has 0 spiro atoms. The van der Waals surface area contributed by atoms with E-state index in [1.807, 2.05) is 6.92 Å². The van der Waals surface area contributed by atoms with Crippen molar-refractivity contribution in [3.8, 4) is 0 Å². The van der Waals surface area contributed by atoms with Crippen LogP contribution < -0.4 is 11.1 Å². The summed E-state index contributed by atoms with van der Waals surface area (Å²) in [6, 6.07) is 0.194. The molecule has 1 atom stereocenters. The van der Waals surface area contributed by atoms with Gasteiger partial charge in [-0.25, -0.2) is 0 Å². The Kier molecular flexibility index (Phi) is 2.91. The van der Waals surface area contributed by atoms with E-state index in [4.69, 9.17) is 5.73 Å². The van der Waals surface area contributed by atoms with Gasteiger partial charge in [-0.1, -0.05) is 20.8 Å². The highest BCUT2D eigenvalue weighted by Crippen LogP contribution is 2.44. The van der Waals surface area contributed by atoms with Crippen molar-refractivity contribution in [1.82, 2.24) is 5.32 Å². The van der Waals surface area contributed by atoms with Crippen LogP contribution in [0.25, 0.3) is 0 Å². The normalized spacial score (nSPS) is 21.5. The predicted molar refractivity (Wildman–Crippen MR) is 57.8 cm³/mol. The van der Waals surface area contributed by atoms with Crippen molar-refractivity contribution >= 4 is 5.91 Å². The molecule has 1 aliphatic carbocycles. The first-order chi connectivity index (χ1) is 6.32. The summed E-state index contributed by atoms with van der Waals surface area (Å²) in [6.45, 7) is 8.90. The van der Waals surface area contributed by atoms with Crippen molar-refractivity contribution in [2.75, 3.05) is 6.54 Å². The van der Waals surface area contributed by atoms with Gasteiger partial charge in [0.05, 0.1) is 5.41 Å². The molecule has 3 N–H and O–H groups in total. The number of carbonyl (C=O) groups excluding carboxylic acids is 1. The lowest BCUT2D eigenvalue weighted by Crippen LogP contribution is -2.46. The van der Waals surface area contributed by atoms with E-state index in [0.717, 1.165) is 12.8 Å². The van der Waals surface area contributed by atoms with Crippen LogP contribution >= 0.6 is 0 Å². The molecule has 1 aliphatic rings. The number of carbonyl (C=O) groups is 1. The van der Waals surface area contributed by atoms with Gasteiger partial charge in [-0.05, 0) is 25.2 Å². The third-order valence-corrected chi connectivity index (χ3v) is 3.37. The molecular weight excluding hydrogens is 176 g/mol. The third kappa shape index (κ3) is 2.27. The number of hydrogen-bond acceptors (Lipinski definition) is 2. The van der Waals surface area contributed by atoms with E-state index in [0.29, 0.717) is 6.54 Å². The quantitative estimate of drug-likeness (QED) is 0.717. The summed E-state index contributed by atoms with van der Waals surface area (Å²) in [7, 11) is 0. The van der Waals surface area contributed by atoms with Gasteiger partial charge in [-0.3, -0.25) is 4.79 Å². The molecule has 1 fully saturated rings. The van der Waals surface area contributed by atoms with Crippen molar-refractivity contribution in [2.24, 2.45) is 16.6 Å². The van der Waals surface area contributed by atoms with Crippen LogP contribution in [0.3, 0.4) is 0 Å². The zero-order valence-electron chi connectivity index (χ0n) is 9.68. The molecule has 1 rings (SSSR count). The Morgan fingerprint density at radius 2 is 2.00 bits per heavy atom. The molecule has 0 heterocycles. The average Bonchev–Trinajstić information content (AvgIpc) is 2.82. The van der Waals surface area contributed by atoms with Crippen LogP contribution in [0.4, 0.5) is 0 Å². The van der Waals surface area contributed by atoms with Crippen molar-refractivity contribution in [3.63, 3.8) is 0 Å². The highest BCUT2D eigenvalue weighted by Gasteiger charge is 2.49. The van der Waals surface area contributed by atoms with Crippen LogP contribution in [-0.4, -0.2) is 18.5 Å². The molecule has 0 aliphatic heterocycles. The standard InChI is InChI=1S/C11H22N2O/c1-8(10(2,3)4)13-9(14)11(7-12)5-6-11/h8H,5-7,12H2,1-4H3,(H,13,14). The van der Waals surface area contributed by atoms with Crippen molar-refractivity contribution in [2.45, 2.75) is 46.6 Å². The fourth-order valence-electron chi connectivity index (χ4n) is 1.24. The molecule has 0 aromatic carbocycles. The van der Waals surface area contributed by atoms with Crippen LogP contribution in [0.1, 0.15) is 40.5 Å². The van der Waals surface area contributed by atoms with E-state index in [2.05, 4.69) is 26.1 Å². The van der Waals surface area contributed by atoms with Crippen molar-refractivity contribution < 1.29 is 4.79 Å².